The van der Waals surface area contributed by atoms with E-state index in [2.05, 4.69) is 17.0 Å². The first kappa shape index (κ1) is 19.0. The van der Waals surface area contributed by atoms with Crippen LogP contribution in [0, 0.1) is 0 Å². The molecule has 0 aromatic heterocycles. The molecular weight excluding hydrogens is 354 g/mol. The molecule has 0 saturated carbocycles. The molecule has 4 rings (SSSR count). The number of benzene rings is 2. The highest BCUT2D eigenvalue weighted by atomic mass is 16.5. The predicted octanol–water partition coefficient (Wildman–Crippen LogP) is 3.45. The van der Waals surface area contributed by atoms with Gasteiger partial charge in [0, 0.05) is 19.5 Å². The maximum atomic E-state index is 12.6. The summed E-state index contributed by atoms with van der Waals surface area (Å²) in [6.45, 7) is 3.13. The van der Waals surface area contributed by atoms with E-state index in [1.165, 1.54) is 5.56 Å². The van der Waals surface area contributed by atoms with Crippen LogP contribution in [-0.4, -0.2) is 47.7 Å². The molecule has 0 bridgehead atoms. The lowest BCUT2D eigenvalue weighted by molar-refractivity contribution is 0.0299. The summed E-state index contributed by atoms with van der Waals surface area (Å²) in [5.74, 6) is 1.72. The van der Waals surface area contributed by atoms with Gasteiger partial charge in [-0.2, -0.15) is 0 Å². The zero-order valence-corrected chi connectivity index (χ0v) is 16.1. The Labute approximate surface area is 165 Å². The zero-order valence-electron chi connectivity index (χ0n) is 16.1. The van der Waals surface area contributed by atoms with E-state index in [4.69, 9.17) is 14.6 Å². The van der Waals surface area contributed by atoms with Gasteiger partial charge in [0.05, 0.1) is 18.6 Å². The molecule has 0 aliphatic carbocycles. The largest absolute Gasteiger partial charge is 0.491 e. The number of Topliss-reactive ketones (excluding diaryl/α,β-unsaturated/α-hetero) is 1. The van der Waals surface area contributed by atoms with Gasteiger partial charge in [0.25, 0.3) is 0 Å². The molecule has 0 amide bonds. The molecule has 1 atom stereocenters. The summed E-state index contributed by atoms with van der Waals surface area (Å²) in [6.07, 6.45) is 3.28. The summed E-state index contributed by atoms with van der Waals surface area (Å²) < 4.78 is 11.8. The second kappa shape index (κ2) is 8.33. The van der Waals surface area contributed by atoms with Crippen LogP contribution in [0.4, 0.5) is 0 Å². The Morgan fingerprint density at radius 1 is 1.07 bits per heavy atom. The van der Waals surface area contributed by atoms with Crippen molar-refractivity contribution in [1.29, 1.82) is 0 Å². The van der Waals surface area contributed by atoms with Gasteiger partial charge < -0.3 is 14.6 Å². The SMILES string of the molecule is O=C1CC2(CCCN(Cc3ccc(OCCO)cc3)CC2)Oc2ccccc21. The number of likely N-dealkylation sites (tertiary alicyclic amines) is 1. The molecule has 1 fully saturated rings. The monoisotopic (exact) mass is 381 g/mol. The molecule has 148 valence electrons. The summed E-state index contributed by atoms with van der Waals surface area (Å²) in [6, 6.07) is 15.6. The molecule has 2 aromatic carbocycles. The third-order valence-corrected chi connectivity index (χ3v) is 5.68. The van der Waals surface area contributed by atoms with E-state index in [0.29, 0.717) is 13.0 Å². The number of carbonyl (C=O) groups is 1. The lowest BCUT2D eigenvalue weighted by Gasteiger charge is -2.37. The van der Waals surface area contributed by atoms with E-state index in [0.717, 1.165) is 56.0 Å². The number of aliphatic hydroxyl groups is 1. The smallest absolute Gasteiger partial charge is 0.170 e. The first-order chi connectivity index (χ1) is 13.7. The molecule has 2 aliphatic rings. The van der Waals surface area contributed by atoms with Gasteiger partial charge in [0.15, 0.2) is 5.78 Å². The summed E-state index contributed by atoms with van der Waals surface area (Å²) in [5, 5.41) is 8.84. The fraction of sp³-hybridized carbons (Fsp3) is 0.435. The minimum absolute atomic E-state index is 0.0202. The molecule has 2 aromatic rings. The van der Waals surface area contributed by atoms with Crippen LogP contribution in [0.2, 0.25) is 0 Å². The number of ketones is 1. The highest BCUT2D eigenvalue weighted by molar-refractivity contribution is 6.00. The molecule has 1 spiro atoms. The highest BCUT2D eigenvalue weighted by Gasteiger charge is 2.41. The van der Waals surface area contributed by atoms with E-state index in [1.54, 1.807) is 0 Å². The molecule has 2 aliphatic heterocycles. The van der Waals surface area contributed by atoms with Crippen molar-refractivity contribution in [2.45, 2.75) is 37.8 Å². The molecular formula is C23H27NO4. The van der Waals surface area contributed by atoms with E-state index in [1.807, 2.05) is 36.4 Å². The van der Waals surface area contributed by atoms with E-state index in [9.17, 15) is 4.79 Å². The van der Waals surface area contributed by atoms with Crippen LogP contribution in [0.15, 0.2) is 48.5 Å². The second-order valence-corrected chi connectivity index (χ2v) is 7.73. The number of aliphatic hydroxyl groups excluding tert-OH is 1. The minimum atomic E-state index is -0.359. The molecule has 0 radical (unpaired) electrons. The summed E-state index contributed by atoms with van der Waals surface area (Å²) in [4.78, 5) is 15.1. The number of para-hydroxylation sites is 1. The van der Waals surface area contributed by atoms with Crippen molar-refractivity contribution in [2.24, 2.45) is 0 Å². The van der Waals surface area contributed by atoms with Gasteiger partial charge in [-0.25, -0.2) is 0 Å². The van der Waals surface area contributed by atoms with Gasteiger partial charge in [-0.3, -0.25) is 9.69 Å². The van der Waals surface area contributed by atoms with Gasteiger partial charge in [-0.05, 0) is 49.2 Å². The van der Waals surface area contributed by atoms with Crippen molar-refractivity contribution in [3.63, 3.8) is 0 Å². The third kappa shape index (κ3) is 4.21. The number of ether oxygens (including phenoxy) is 2. The normalized spacial score (nSPS) is 22.4. The van der Waals surface area contributed by atoms with Crippen LogP contribution in [0.5, 0.6) is 11.5 Å². The van der Waals surface area contributed by atoms with Crippen molar-refractivity contribution in [3.05, 3.63) is 59.7 Å². The lowest BCUT2D eigenvalue weighted by Crippen LogP contribution is -2.42. The number of hydrogen-bond donors (Lipinski definition) is 1. The molecule has 1 saturated heterocycles. The van der Waals surface area contributed by atoms with E-state index >= 15 is 0 Å². The average molecular weight is 381 g/mol. The molecule has 5 nitrogen and oxygen atoms in total. The van der Waals surface area contributed by atoms with E-state index in [-0.39, 0.29) is 18.0 Å². The Kier molecular flexibility index (Phi) is 5.64. The second-order valence-electron chi connectivity index (χ2n) is 7.73. The zero-order chi connectivity index (χ0) is 19.4. The van der Waals surface area contributed by atoms with Gasteiger partial charge in [-0.15, -0.1) is 0 Å². The lowest BCUT2D eigenvalue weighted by atomic mass is 9.84. The van der Waals surface area contributed by atoms with Gasteiger partial charge in [0.1, 0.15) is 23.7 Å². The standard InChI is InChI=1S/C23H27NO4/c25-14-15-27-19-8-6-18(7-9-19)17-24-12-3-10-23(11-13-24)16-21(26)20-4-1-2-5-22(20)28-23/h1-2,4-9,25H,3,10-17H2. The Hall–Kier alpha value is -2.37. The molecule has 28 heavy (non-hydrogen) atoms. The fourth-order valence-corrected chi connectivity index (χ4v) is 4.22. The van der Waals surface area contributed by atoms with Gasteiger partial charge >= 0.3 is 0 Å². The summed E-state index contributed by atoms with van der Waals surface area (Å²) in [7, 11) is 0. The highest BCUT2D eigenvalue weighted by Crippen LogP contribution is 2.39. The van der Waals surface area contributed by atoms with Crippen molar-refractivity contribution >= 4 is 5.78 Å². The Bertz CT molecular complexity index is 820. The van der Waals surface area contributed by atoms with Crippen LogP contribution in [0.25, 0.3) is 0 Å². The number of fused-ring (bicyclic) bond motifs is 1. The number of rotatable bonds is 5. The first-order valence-electron chi connectivity index (χ1n) is 10.0. The van der Waals surface area contributed by atoms with Crippen molar-refractivity contribution in [3.8, 4) is 11.5 Å². The Morgan fingerprint density at radius 3 is 2.71 bits per heavy atom. The van der Waals surface area contributed by atoms with Crippen LogP contribution < -0.4 is 9.47 Å². The molecule has 1 unspecified atom stereocenters. The summed E-state index contributed by atoms with van der Waals surface area (Å²) >= 11 is 0. The van der Waals surface area contributed by atoms with Crippen molar-refractivity contribution in [1.82, 2.24) is 4.90 Å². The van der Waals surface area contributed by atoms with Crippen LogP contribution in [0.1, 0.15) is 41.6 Å². The average Bonchev–Trinajstić information content (AvgIpc) is 2.90. The predicted molar refractivity (Wildman–Crippen MR) is 107 cm³/mol. The Morgan fingerprint density at radius 2 is 1.89 bits per heavy atom. The number of carbonyl (C=O) groups excluding carboxylic acids is 1. The quantitative estimate of drug-likeness (QED) is 0.860. The first-order valence-corrected chi connectivity index (χ1v) is 10.0. The number of hydrogen-bond acceptors (Lipinski definition) is 5. The van der Waals surface area contributed by atoms with Crippen LogP contribution in [-0.2, 0) is 6.54 Å². The number of nitrogens with zero attached hydrogens (tertiary/aromatic N) is 1. The summed E-state index contributed by atoms with van der Waals surface area (Å²) in [5.41, 5.74) is 1.60. The van der Waals surface area contributed by atoms with Crippen molar-refractivity contribution in [2.75, 3.05) is 26.3 Å². The maximum absolute atomic E-state index is 12.6. The van der Waals surface area contributed by atoms with E-state index < -0.39 is 0 Å². The molecule has 2 heterocycles. The minimum Gasteiger partial charge on any atom is -0.491 e. The van der Waals surface area contributed by atoms with Gasteiger partial charge in [0.2, 0.25) is 0 Å². The van der Waals surface area contributed by atoms with Crippen LogP contribution in [0.3, 0.4) is 0 Å². The van der Waals surface area contributed by atoms with Crippen molar-refractivity contribution < 1.29 is 19.4 Å². The van der Waals surface area contributed by atoms with Gasteiger partial charge in [-0.1, -0.05) is 24.3 Å². The Balaban J connectivity index is 1.38. The molecule has 5 heteroatoms. The topological polar surface area (TPSA) is 59.0 Å². The molecule has 1 N–H and O–H groups in total. The fourth-order valence-electron chi connectivity index (χ4n) is 4.22. The van der Waals surface area contributed by atoms with Crippen LogP contribution >= 0.6 is 0 Å². The third-order valence-electron chi connectivity index (χ3n) is 5.68. The maximum Gasteiger partial charge on any atom is 0.170 e.